The van der Waals surface area contributed by atoms with Crippen LogP contribution in [0.25, 0.3) is 0 Å². The van der Waals surface area contributed by atoms with Gasteiger partial charge in [0.15, 0.2) is 0 Å². The molecule has 80 valence electrons. The van der Waals surface area contributed by atoms with Crippen LogP contribution in [0.15, 0.2) is 11.4 Å². The molecule has 0 bridgehead atoms. The van der Waals surface area contributed by atoms with Crippen LogP contribution in [-0.4, -0.2) is 18.6 Å². The summed E-state index contributed by atoms with van der Waals surface area (Å²) in [4.78, 5) is 1.51. The van der Waals surface area contributed by atoms with Crippen molar-refractivity contribution in [1.82, 2.24) is 5.32 Å². The van der Waals surface area contributed by atoms with Gasteiger partial charge >= 0.3 is 0 Å². The number of thiophene rings is 1. The Balaban J connectivity index is 2.62. The van der Waals surface area contributed by atoms with Crippen LogP contribution in [0.3, 0.4) is 0 Å². The van der Waals surface area contributed by atoms with Crippen LogP contribution in [0.5, 0.6) is 0 Å². The van der Waals surface area contributed by atoms with E-state index in [0.717, 1.165) is 6.54 Å². The summed E-state index contributed by atoms with van der Waals surface area (Å²) in [7, 11) is 0. The number of rotatable bonds is 6. The Morgan fingerprint density at radius 1 is 1.57 bits per heavy atom. The highest BCUT2D eigenvalue weighted by Gasteiger charge is 2.13. The van der Waals surface area contributed by atoms with E-state index in [1.807, 2.05) is 23.1 Å². The van der Waals surface area contributed by atoms with E-state index in [0.29, 0.717) is 6.04 Å². The molecule has 1 aromatic rings. The molecule has 0 aliphatic heterocycles. The topological polar surface area (TPSA) is 12.0 Å². The van der Waals surface area contributed by atoms with E-state index >= 15 is 0 Å². The molecule has 14 heavy (non-hydrogen) atoms. The molecule has 1 atom stereocenters. The maximum Gasteiger partial charge on any atom is 0.0509 e. The molecule has 1 N–H and O–H groups in total. The van der Waals surface area contributed by atoms with Crippen LogP contribution < -0.4 is 5.32 Å². The molecule has 0 amide bonds. The zero-order chi connectivity index (χ0) is 10.4. The monoisotopic (exact) mass is 229 g/mol. The third-order valence-electron chi connectivity index (χ3n) is 2.19. The summed E-state index contributed by atoms with van der Waals surface area (Å²) in [6, 6.07) is 2.76. The SMILES string of the molecule is CCCNC(CSC)c1sccc1C. The van der Waals surface area contributed by atoms with E-state index in [1.54, 1.807) is 0 Å². The first-order valence-electron chi connectivity index (χ1n) is 5.06. The summed E-state index contributed by atoms with van der Waals surface area (Å²) >= 11 is 3.78. The Morgan fingerprint density at radius 3 is 2.86 bits per heavy atom. The van der Waals surface area contributed by atoms with Crippen molar-refractivity contribution >= 4 is 23.1 Å². The minimum Gasteiger partial charge on any atom is -0.309 e. The second-order valence-corrected chi connectivity index (χ2v) is 5.29. The maximum absolute atomic E-state index is 3.60. The van der Waals surface area contributed by atoms with Crippen LogP contribution in [0.1, 0.15) is 29.8 Å². The Hall–Kier alpha value is 0.0100. The Morgan fingerprint density at radius 2 is 2.36 bits per heavy atom. The number of aryl methyl sites for hydroxylation is 1. The molecule has 0 aliphatic carbocycles. The average Bonchev–Trinajstić information content (AvgIpc) is 2.59. The molecule has 0 saturated carbocycles. The summed E-state index contributed by atoms with van der Waals surface area (Å²) in [5.41, 5.74) is 1.43. The van der Waals surface area contributed by atoms with Crippen molar-refractivity contribution in [2.45, 2.75) is 26.3 Å². The summed E-state index contributed by atoms with van der Waals surface area (Å²) in [6.45, 7) is 5.53. The lowest BCUT2D eigenvalue weighted by Gasteiger charge is -2.16. The molecular formula is C11H19NS2. The predicted molar refractivity (Wildman–Crippen MR) is 68.5 cm³/mol. The van der Waals surface area contributed by atoms with Gasteiger partial charge in [-0.15, -0.1) is 11.3 Å². The van der Waals surface area contributed by atoms with Crippen molar-refractivity contribution in [2.24, 2.45) is 0 Å². The normalized spacial score (nSPS) is 13.1. The summed E-state index contributed by atoms with van der Waals surface area (Å²) in [5, 5.41) is 5.79. The highest BCUT2D eigenvalue weighted by Crippen LogP contribution is 2.26. The van der Waals surface area contributed by atoms with E-state index in [4.69, 9.17) is 0 Å². The largest absolute Gasteiger partial charge is 0.309 e. The first-order chi connectivity index (χ1) is 6.79. The molecule has 1 heterocycles. The van der Waals surface area contributed by atoms with E-state index < -0.39 is 0 Å². The predicted octanol–water partition coefficient (Wildman–Crippen LogP) is 3.46. The quantitative estimate of drug-likeness (QED) is 0.802. The zero-order valence-corrected chi connectivity index (χ0v) is 10.8. The highest BCUT2D eigenvalue weighted by molar-refractivity contribution is 7.98. The first kappa shape index (κ1) is 12.1. The van der Waals surface area contributed by atoms with Gasteiger partial charge in [-0.2, -0.15) is 11.8 Å². The third kappa shape index (κ3) is 3.30. The maximum atomic E-state index is 3.60. The van der Waals surface area contributed by atoms with E-state index in [2.05, 4.69) is 36.9 Å². The van der Waals surface area contributed by atoms with Crippen molar-refractivity contribution in [3.05, 3.63) is 21.9 Å². The fraction of sp³-hybridized carbons (Fsp3) is 0.636. The lowest BCUT2D eigenvalue weighted by atomic mass is 10.2. The zero-order valence-electron chi connectivity index (χ0n) is 9.17. The molecule has 0 saturated heterocycles. The lowest BCUT2D eigenvalue weighted by Crippen LogP contribution is -2.23. The molecule has 1 rings (SSSR count). The Bertz CT molecular complexity index is 258. The number of hydrogen-bond donors (Lipinski definition) is 1. The van der Waals surface area contributed by atoms with Crippen LogP contribution in [-0.2, 0) is 0 Å². The highest BCUT2D eigenvalue weighted by atomic mass is 32.2. The molecule has 0 radical (unpaired) electrons. The van der Waals surface area contributed by atoms with Gasteiger partial charge in [-0.25, -0.2) is 0 Å². The van der Waals surface area contributed by atoms with Crippen molar-refractivity contribution in [1.29, 1.82) is 0 Å². The van der Waals surface area contributed by atoms with Gasteiger partial charge in [0.05, 0.1) is 6.04 Å². The van der Waals surface area contributed by atoms with Crippen molar-refractivity contribution in [3.8, 4) is 0 Å². The second-order valence-electron chi connectivity index (χ2n) is 3.43. The molecule has 0 aromatic carbocycles. The van der Waals surface area contributed by atoms with Gasteiger partial charge in [0.25, 0.3) is 0 Å². The lowest BCUT2D eigenvalue weighted by molar-refractivity contribution is 0.583. The first-order valence-corrected chi connectivity index (χ1v) is 7.33. The van der Waals surface area contributed by atoms with Gasteiger partial charge in [0, 0.05) is 10.6 Å². The van der Waals surface area contributed by atoms with Crippen LogP contribution in [0.4, 0.5) is 0 Å². The Labute approximate surface area is 95.3 Å². The van der Waals surface area contributed by atoms with Crippen LogP contribution in [0, 0.1) is 6.92 Å². The smallest absolute Gasteiger partial charge is 0.0509 e. The molecule has 0 spiro atoms. The van der Waals surface area contributed by atoms with Gasteiger partial charge in [-0.1, -0.05) is 6.92 Å². The van der Waals surface area contributed by atoms with E-state index in [9.17, 15) is 0 Å². The standard InChI is InChI=1S/C11H19NS2/c1-4-6-12-10(8-13-3)11-9(2)5-7-14-11/h5,7,10,12H,4,6,8H2,1-3H3. The van der Waals surface area contributed by atoms with Crippen molar-refractivity contribution in [3.63, 3.8) is 0 Å². The fourth-order valence-corrected chi connectivity index (χ4v) is 3.18. The molecule has 1 unspecified atom stereocenters. The molecule has 3 heteroatoms. The Kier molecular flexibility index (Phi) is 5.60. The van der Waals surface area contributed by atoms with Gasteiger partial charge in [-0.3, -0.25) is 0 Å². The molecule has 0 fully saturated rings. The van der Waals surface area contributed by atoms with Crippen LogP contribution in [0.2, 0.25) is 0 Å². The second kappa shape index (κ2) is 6.49. The third-order valence-corrected chi connectivity index (χ3v) is 3.99. The number of thioether (sulfide) groups is 1. The summed E-state index contributed by atoms with van der Waals surface area (Å²) in [6.07, 6.45) is 3.37. The summed E-state index contributed by atoms with van der Waals surface area (Å²) in [5.74, 6) is 1.17. The van der Waals surface area contributed by atoms with E-state index in [-0.39, 0.29) is 0 Å². The number of hydrogen-bond acceptors (Lipinski definition) is 3. The fourth-order valence-electron chi connectivity index (χ4n) is 1.45. The van der Waals surface area contributed by atoms with Gasteiger partial charge in [0.1, 0.15) is 0 Å². The van der Waals surface area contributed by atoms with Crippen LogP contribution >= 0.6 is 23.1 Å². The van der Waals surface area contributed by atoms with Gasteiger partial charge in [0.2, 0.25) is 0 Å². The minimum absolute atomic E-state index is 0.546. The van der Waals surface area contributed by atoms with Crippen molar-refractivity contribution < 1.29 is 0 Å². The molecule has 1 aromatic heterocycles. The number of nitrogens with one attached hydrogen (secondary N) is 1. The van der Waals surface area contributed by atoms with Crippen molar-refractivity contribution in [2.75, 3.05) is 18.6 Å². The summed E-state index contributed by atoms with van der Waals surface area (Å²) < 4.78 is 0. The van der Waals surface area contributed by atoms with Gasteiger partial charge in [-0.05, 0) is 43.2 Å². The van der Waals surface area contributed by atoms with Gasteiger partial charge < -0.3 is 5.32 Å². The van der Waals surface area contributed by atoms with E-state index in [1.165, 1.54) is 22.6 Å². The molecule has 1 nitrogen and oxygen atoms in total. The molecule has 0 aliphatic rings. The average molecular weight is 229 g/mol. The molecular weight excluding hydrogens is 210 g/mol. The minimum atomic E-state index is 0.546.